The molecule has 0 aromatic carbocycles. The van der Waals surface area contributed by atoms with Crippen molar-refractivity contribution in [2.45, 2.75) is 6.92 Å². The van der Waals surface area contributed by atoms with Crippen LogP contribution < -0.4 is 5.32 Å². The molecular formula is C11H11BrN4O. The predicted molar refractivity (Wildman–Crippen MR) is 67.2 cm³/mol. The largest absolute Gasteiger partial charge is 0.354 e. The van der Waals surface area contributed by atoms with Gasteiger partial charge in [-0.05, 0) is 40.5 Å². The normalized spacial score (nSPS) is 10.3. The average Bonchev–Trinajstić information content (AvgIpc) is 2.77. The first-order chi connectivity index (χ1) is 8.11. The molecule has 0 fully saturated rings. The summed E-state index contributed by atoms with van der Waals surface area (Å²) in [7, 11) is 1.57. The fourth-order valence-electron chi connectivity index (χ4n) is 1.46. The fraction of sp³-hybridized carbons (Fsp3) is 0.182. The van der Waals surface area contributed by atoms with Crippen molar-refractivity contribution >= 4 is 21.8 Å². The van der Waals surface area contributed by atoms with Crippen LogP contribution in [0, 0.1) is 6.92 Å². The van der Waals surface area contributed by atoms with Crippen molar-refractivity contribution in [1.29, 1.82) is 0 Å². The predicted octanol–water partition coefficient (Wildman–Crippen LogP) is 1.70. The molecule has 0 radical (unpaired) electrons. The molecule has 17 heavy (non-hydrogen) atoms. The maximum Gasteiger partial charge on any atom is 0.271 e. The molecule has 0 atom stereocenters. The minimum Gasteiger partial charge on any atom is -0.354 e. The Morgan fingerprint density at radius 1 is 1.53 bits per heavy atom. The van der Waals surface area contributed by atoms with Gasteiger partial charge in [-0.3, -0.25) is 4.79 Å². The van der Waals surface area contributed by atoms with E-state index in [1.807, 2.05) is 13.0 Å². The van der Waals surface area contributed by atoms with Crippen LogP contribution in [0.2, 0.25) is 0 Å². The summed E-state index contributed by atoms with van der Waals surface area (Å²) >= 11 is 3.35. The molecule has 0 aliphatic rings. The number of amides is 1. The first-order valence-corrected chi connectivity index (χ1v) is 5.81. The van der Waals surface area contributed by atoms with Gasteiger partial charge < -0.3 is 5.32 Å². The minimum absolute atomic E-state index is 0.210. The zero-order valence-corrected chi connectivity index (χ0v) is 11.0. The van der Waals surface area contributed by atoms with Crippen LogP contribution in [0.25, 0.3) is 5.82 Å². The third kappa shape index (κ3) is 2.36. The first kappa shape index (κ1) is 11.8. The number of carbonyl (C=O) groups excluding carboxylic acids is 1. The van der Waals surface area contributed by atoms with Gasteiger partial charge >= 0.3 is 0 Å². The molecule has 2 aromatic rings. The summed E-state index contributed by atoms with van der Waals surface area (Å²) in [5, 5.41) is 6.70. The molecule has 0 saturated carbocycles. The van der Waals surface area contributed by atoms with Crippen LogP contribution in [0.3, 0.4) is 0 Å². The minimum atomic E-state index is -0.210. The third-order valence-corrected chi connectivity index (χ3v) is 2.72. The second kappa shape index (κ2) is 4.67. The van der Waals surface area contributed by atoms with Gasteiger partial charge in [0.25, 0.3) is 5.91 Å². The van der Waals surface area contributed by atoms with Crippen LogP contribution in [0.4, 0.5) is 0 Å². The van der Waals surface area contributed by atoms with Crippen LogP contribution in [0.1, 0.15) is 16.1 Å². The highest BCUT2D eigenvalue weighted by Crippen LogP contribution is 2.15. The number of nitrogens with one attached hydrogen (secondary N) is 1. The molecule has 88 valence electrons. The van der Waals surface area contributed by atoms with Gasteiger partial charge in [0.05, 0.1) is 0 Å². The van der Waals surface area contributed by atoms with E-state index in [9.17, 15) is 4.79 Å². The average molecular weight is 295 g/mol. The second-order valence-corrected chi connectivity index (χ2v) is 4.43. The van der Waals surface area contributed by atoms with E-state index in [0.29, 0.717) is 11.5 Å². The molecule has 0 spiro atoms. The van der Waals surface area contributed by atoms with Gasteiger partial charge in [0.1, 0.15) is 0 Å². The van der Waals surface area contributed by atoms with E-state index < -0.39 is 0 Å². The number of nitrogens with zero attached hydrogens (tertiary/aromatic N) is 3. The Morgan fingerprint density at radius 2 is 2.29 bits per heavy atom. The molecule has 2 aromatic heterocycles. The lowest BCUT2D eigenvalue weighted by Crippen LogP contribution is -2.18. The standard InChI is InChI=1S/C11H11BrN4O/c1-7-5-8(12)6-14-10(7)16-4-3-9(15-16)11(17)13-2/h3-6H,1-2H3,(H,13,17). The Kier molecular flexibility index (Phi) is 3.23. The van der Waals surface area contributed by atoms with E-state index >= 15 is 0 Å². The first-order valence-electron chi connectivity index (χ1n) is 5.02. The van der Waals surface area contributed by atoms with Crippen LogP contribution in [0.15, 0.2) is 29.0 Å². The number of carbonyl (C=O) groups is 1. The quantitative estimate of drug-likeness (QED) is 0.917. The number of pyridine rings is 1. The SMILES string of the molecule is CNC(=O)c1ccn(-c2ncc(Br)cc2C)n1. The van der Waals surface area contributed by atoms with Gasteiger partial charge in [-0.2, -0.15) is 5.10 Å². The maximum absolute atomic E-state index is 11.4. The number of rotatable bonds is 2. The highest BCUT2D eigenvalue weighted by molar-refractivity contribution is 9.10. The van der Waals surface area contributed by atoms with Crippen molar-refractivity contribution in [1.82, 2.24) is 20.1 Å². The van der Waals surface area contributed by atoms with Crippen molar-refractivity contribution in [3.8, 4) is 5.82 Å². The van der Waals surface area contributed by atoms with Crippen molar-refractivity contribution in [2.75, 3.05) is 7.05 Å². The molecule has 6 heteroatoms. The molecule has 0 unspecified atom stereocenters. The molecule has 2 rings (SSSR count). The van der Waals surface area contributed by atoms with Crippen LogP contribution >= 0.6 is 15.9 Å². The lowest BCUT2D eigenvalue weighted by Gasteiger charge is -2.04. The zero-order chi connectivity index (χ0) is 12.4. The summed E-state index contributed by atoms with van der Waals surface area (Å²) in [4.78, 5) is 15.7. The molecule has 1 amide bonds. The molecule has 0 bridgehead atoms. The molecule has 1 N–H and O–H groups in total. The summed E-state index contributed by atoms with van der Waals surface area (Å²) in [6, 6.07) is 3.60. The van der Waals surface area contributed by atoms with Gasteiger partial charge in [-0.15, -0.1) is 0 Å². The van der Waals surface area contributed by atoms with E-state index in [4.69, 9.17) is 0 Å². The Balaban J connectivity index is 2.40. The monoisotopic (exact) mass is 294 g/mol. The Bertz CT molecular complexity index is 564. The summed E-state index contributed by atoms with van der Waals surface area (Å²) < 4.78 is 2.50. The van der Waals surface area contributed by atoms with Crippen LogP contribution in [0.5, 0.6) is 0 Å². The summed E-state index contributed by atoms with van der Waals surface area (Å²) in [6.07, 6.45) is 3.41. The number of hydrogen-bond acceptors (Lipinski definition) is 3. The number of halogens is 1. The van der Waals surface area contributed by atoms with E-state index in [0.717, 1.165) is 10.0 Å². The molecular weight excluding hydrogens is 284 g/mol. The molecule has 0 aliphatic carbocycles. The molecule has 0 aliphatic heterocycles. The van der Waals surface area contributed by atoms with Gasteiger partial charge in [-0.1, -0.05) is 0 Å². The smallest absolute Gasteiger partial charge is 0.271 e. The lowest BCUT2D eigenvalue weighted by atomic mass is 10.3. The van der Waals surface area contributed by atoms with E-state index in [2.05, 4.69) is 31.3 Å². The van der Waals surface area contributed by atoms with Crippen molar-refractivity contribution < 1.29 is 4.79 Å². The zero-order valence-electron chi connectivity index (χ0n) is 9.44. The number of aryl methyl sites for hydroxylation is 1. The van der Waals surface area contributed by atoms with Crippen molar-refractivity contribution in [3.05, 3.63) is 40.3 Å². The lowest BCUT2D eigenvalue weighted by molar-refractivity contribution is 0.0957. The Morgan fingerprint density at radius 3 is 2.94 bits per heavy atom. The molecule has 0 saturated heterocycles. The van der Waals surface area contributed by atoms with Gasteiger partial charge in [0.15, 0.2) is 11.5 Å². The van der Waals surface area contributed by atoms with E-state index in [-0.39, 0.29) is 5.91 Å². The summed E-state index contributed by atoms with van der Waals surface area (Å²) in [5.74, 6) is 0.502. The van der Waals surface area contributed by atoms with Crippen LogP contribution in [-0.4, -0.2) is 27.7 Å². The highest BCUT2D eigenvalue weighted by atomic mass is 79.9. The molecule has 5 nitrogen and oxygen atoms in total. The van der Waals surface area contributed by atoms with Gasteiger partial charge in [0.2, 0.25) is 0 Å². The second-order valence-electron chi connectivity index (χ2n) is 3.52. The number of aromatic nitrogens is 3. The maximum atomic E-state index is 11.4. The van der Waals surface area contributed by atoms with Crippen molar-refractivity contribution in [3.63, 3.8) is 0 Å². The summed E-state index contributed by atoms with van der Waals surface area (Å²) in [5.41, 5.74) is 1.35. The fourth-order valence-corrected chi connectivity index (χ4v) is 1.91. The van der Waals surface area contributed by atoms with Gasteiger partial charge in [-0.25, -0.2) is 9.67 Å². The molecule has 2 heterocycles. The van der Waals surface area contributed by atoms with E-state index in [1.54, 1.807) is 30.2 Å². The van der Waals surface area contributed by atoms with E-state index in [1.165, 1.54) is 0 Å². The highest BCUT2D eigenvalue weighted by Gasteiger charge is 2.10. The Labute approximate surface area is 107 Å². The van der Waals surface area contributed by atoms with Crippen molar-refractivity contribution in [2.24, 2.45) is 0 Å². The Hall–Kier alpha value is -1.69. The van der Waals surface area contributed by atoms with Gasteiger partial charge in [0, 0.05) is 23.9 Å². The topological polar surface area (TPSA) is 59.8 Å². The van der Waals surface area contributed by atoms with Crippen LogP contribution in [-0.2, 0) is 0 Å². The third-order valence-electron chi connectivity index (χ3n) is 2.28. The summed E-state index contributed by atoms with van der Waals surface area (Å²) in [6.45, 7) is 1.94. The number of hydrogen-bond donors (Lipinski definition) is 1.